The zero-order valence-corrected chi connectivity index (χ0v) is 10.0. The Morgan fingerprint density at radius 2 is 2.33 bits per heavy atom. The Morgan fingerprint density at radius 1 is 1.60 bits per heavy atom. The zero-order valence-electron chi connectivity index (χ0n) is 10.0. The molecule has 0 aromatic carbocycles. The van der Waals surface area contributed by atoms with Gasteiger partial charge < -0.3 is 10.6 Å². The van der Waals surface area contributed by atoms with Crippen LogP contribution in [0.5, 0.6) is 0 Å². The lowest BCUT2D eigenvalue weighted by Gasteiger charge is -2.32. The Kier molecular flexibility index (Phi) is 5.09. The van der Waals surface area contributed by atoms with E-state index in [1.807, 2.05) is 4.90 Å². The molecular weight excluding hydrogens is 188 g/mol. The molecule has 0 aromatic rings. The van der Waals surface area contributed by atoms with Crippen LogP contribution >= 0.6 is 0 Å². The Bertz CT molecular complexity index is 206. The second kappa shape index (κ2) is 6.11. The van der Waals surface area contributed by atoms with E-state index in [1.165, 1.54) is 6.42 Å². The third kappa shape index (κ3) is 3.82. The van der Waals surface area contributed by atoms with Gasteiger partial charge in [0.15, 0.2) is 0 Å². The van der Waals surface area contributed by atoms with Gasteiger partial charge in [-0.1, -0.05) is 20.3 Å². The maximum atomic E-state index is 11.9. The lowest BCUT2D eigenvalue weighted by atomic mass is 9.97. The first-order chi connectivity index (χ1) is 7.17. The van der Waals surface area contributed by atoms with Crippen molar-refractivity contribution in [2.75, 3.05) is 19.6 Å². The van der Waals surface area contributed by atoms with Crippen molar-refractivity contribution in [2.24, 2.45) is 17.6 Å². The first-order valence-electron chi connectivity index (χ1n) is 6.15. The van der Waals surface area contributed by atoms with E-state index in [0.717, 1.165) is 25.9 Å². The van der Waals surface area contributed by atoms with Gasteiger partial charge in [0.2, 0.25) is 5.91 Å². The van der Waals surface area contributed by atoms with Crippen molar-refractivity contribution in [1.82, 2.24) is 4.90 Å². The van der Waals surface area contributed by atoms with Gasteiger partial charge >= 0.3 is 0 Å². The van der Waals surface area contributed by atoms with Crippen LogP contribution in [-0.4, -0.2) is 30.4 Å². The van der Waals surface area contributed by atoms with Crippen molar-refractivity contribution in [1.29, 1.82) is 0 Å². The third-order valence-electron chi connectivity index (χ3n) is 3.43. The summed E-state index contributed by atoms with van der Waals surface area (Å²) in [6.45, 7) is 6.81. The second-order valence-electron chi connectivity index (χ2n) is 4.80. The lowest BCUT2D eigenvalue weighted by Crippen LogP contribution is -2.42. The molecule has 3 heteroatoms. The summed E-state index contributed by atoms with van der Waals surface area (Å²) in [6, 6.07) is 0. The van der Waals surface area contributed by atoms with Gasteiger partial charge in [0.25, 0.3) is 0 Å². The Hall–Kier alpha value is -0.570. The zero-order chi connectivity index (χ0) is 11.3. The predicted molar refractivity (Wildman–Crippen MR) is 62.4 cm³/mol. The van der Waals surface area contributed by atoms with E-state index in [2.05, 4.69) is 13.8 Å². The fraction of sp³-hybridized carbons (Fsp3) is 0.917. The summed E-state index contributed by atoms with van der Waals surface area (Å²) in [5, 5.41) is 0. The van der Waals surface area contributed by atoms with Gasteiger partial charge in [0, 0.05) is 19.5 Å². The molecule has 2 unspecified atom stereocenters. The summed E-state index contributed by atoms with van der Waals surface area (Å²) in [5.74, 6) is 1.36. The average Bonchev–Trinajstić information content (AvgIpc) is 2.28. The molecule has 1 saturated heterocycles. The minimum Gasteiger partial charge on any atom is -0.342 e. The van der Waals surface area contributed by atoms with E-state index in [0.29, 0.717) is 30.7 Å². The minimum absolute atomic E-state index is 0.322. The fourth-order valence-corrected chi connectivity index (χ4v) is 2.06. The van der Waals surface area contributed by atoms with Crippen molar-refractivity contribution in [3.8, 4) is 0 Å². The molecule has 0 spiro atoms. The molecule has 0 bridgehead atoms. The van der Waals surface area contributed by atoms with Gasteiger partial charge in [0.05, 0.1) is 0 Å². The Labute approximate surface area is 93.0 Å². The molecule has 0 radical (unpaired) electrons. The van der Waals surface area contributed by atoms with Crippen molar-refractivity contribution in [3.05, 3.63) is 0 Å². The molecular formula is C12H24N2O. The first kappa shape index (κ1) is 12.5. The number of piperidine rings is 1. The van der Waals surface area contributed by atoms with E-state index in [-0.39, 0.29) is 0 Å². The average molecular weight is 212 g/mol. The lowest BCUT2D eigenvalue weighted by molar-refractivity contribution is -0.133. The number of carbonyl (C=O) groups excluding carboxylic acids is 1. The number of rotatable bonds is 4. The van der Waals surface area contributed by atoms with Gasteiger partial charge in [-0.15, -0.1) is 0 Å². The smallest absolute Gasteiger partial charge is 0.222 e. The molecule has 1 heterocycles. The van der Waals surface area contributed by atoms with Crippen LogP contribution < -0.4 is 5.73 Å². The highest BCUT2D eigenvalue weighted by Crippen LogP contribution is 2.18. The molecule has 1 amide bonds. The molecule has 2 atom stereocenters. The van der Waals surface area contributed by atoms with Crippen molar-refractivity contribution in [3.63, 3.8) is 0 Å². The van der Waals surface area contributed by atoms with Gasteiger partial charge in [0.1, 0.15) is 0 Å². The Morgan fingerprint density at radius 3 is 2.93 bits per heavy atom. The summed E-state index contributed by atoms with van der Waals surface area (Å²) < 4.78 is 0. The number of hydrogen-bond acceptors (Lipinski definition) is 2. The van der Waals surface area contributed by atoms with Crippen LogP contribution in [0.2, 0.25) is 0 Å². The summed E-state index contributed by atoms with van der Waals surface area (Å²) in [6.07, 6.45) is 4.09. The van der Waals surface area contributed by atoms with Crippen LogP contribution in [0.3, 0.4) is 0 Å². The van der Waals surface area contributed by atoms with E-state index in [9.17, 15) is 4.79 Å². The predicted octanol–water partition coefficient (Wildman–Crippen LogP) is 1.62. The molecule has 0 saturated carbocycles. The molecule has 1 aliphatic rings. The monoisotopic (exact) mass is 212 g/mol. The fourth-order valence-electron chi connectivity index (χ4n) is 2.06. The highest BCUT2D eigenvalue weighted by Gasteiger charge is 2.23. The summed E-state index contributed by atoms with van der Waals surface area (Å²) in [5.41, 5.74) is 5.66. The SMILES string of the molecule is CCC(C)CC(=O)N1CCCC(CN)C1. The van der Waals surface area contributed by atoms with E-state index in [1.54, 1.807) is 0 Å². The molecule has 15 heavy (non-hydrogen) atoms. The highest BCUT2D eigenvalue weighted by molar-refractivity contribution is 5.76. The van der Waals surface area contributed by atoms with Crippen molar-refractivity contribution >= 4 is 5.91 Å². The largest absolute Gasteiger partial charge is 0.342 e. The number of nitrogens with two attached hydrogens (primary N) is 1. The summed E-state index contributed by atoms with van der Waals surface area (Å²) in [7, 11) is 0. The topological polar surface area (TPSA) is 46.3 Å². The number of hydrogen-bond donors (Lipinski definition) is 1. The summed E-state index contributed by atoms with van der Waals surface area (Å²) >= 11 is 0. The molecule has 0 aliphatic carbocycles. The van der Waals surface area contributed by atoms with E-state index >= 15 is 0 Å². The summed E-state index contributed by atoms with van der Waals surface area (Å²) in [4.78, 5) is 13.9. The normalized spacial score (nSPS) is 23.9. The molecule has 1 fully saturated rings. The van der Waals surface area contributed by atoms with Crippen LogP contribution in [0.25, 0.3) is 0 Å². The first-order valence-corrected chi connectivity index (χ1v) is 6.15. The maximum absolute atomic E-state index is 11.9. The minimum atomic E-state index is 0.322. The van der Waals surface area contributed by atoms with Crippen molar-refractivity contribution in [2.45, 2.75) is 39.5 Å². The molecule has 3 nitrogen and oxygen atoms in total. The van der Waals surface area contributed by atoms with Gasteiger partial charge in [-0.25, -0.2) is 0 Å². The van der Waals surface area contributed by atoms with Crippen LogP contribution in [-0.2, 0) is 4.79 Å². The van der Waals surface area contributed by atoms with Crippen LogP contribution in [0.4, 0.5) is 0 Å². The maximum Gasteiger partial charge on any atom is 0.222 e. The number of nitrogens with zero attached hydrogens (tertiary/aromatic N) is 1. The van der Waals surface area contributed by atoms with Gasteiger partial charge in [-0.05, 0) is 31.2 Å². The van der Waals surface area contributed by atoms with Gasteiger partial charge in [-0.2, -0.15) is 0 Å². The number of carbonyl (C=O) groups is 1. The second-order valence-corrected chi connectivity index (χ2v) is 4.80. The van der Waals surface area contributed by atoms with Crippen LogP contribution in [0.15, 0.2) is 0 Å². The van der Waals surface area contributed by atoms with Gasteiger partial charge in [-0.3, -0.25) is 4.79 Å². The number of amides is 1. The van der Waals surface area contributed by atoms with E-state index < -0.39 is 0 Å². The van der Waals surface area contributed by atoms with Crippen LogP contribution in [0.1, 0.15) is 39.5 Å². The molecule has 1 rings (SSSR count). The molecule has 1 aliphatic heterocycles. The van der Waals surface area contributed by atoms with Crippen molar-refractivity contribution < 1.29 is 4.79 Å². The third-order valence-corrected chi connectivity index (χ3v) is 3.43. The standard InChI is InChI=1S/C12H24N2O/c1-3-10(2)7-12(15)14-6-4-5-11(8-13)9-14/h10-11H,3-9,13H2,1-2H3. The van der Waals surface area contributed by atoms with E-state index in [4.69, 9.17) is 5.73 Å². The molecule has 0 aromatic heterocycles. The molecule has 2 N–H and O–H groups in total. The molecule has 88 valence electrons. The highest BCUT2D eigenvalue weighted by atomic mass is 16.2. The quantitative estimate of drug-likeness (QED) is 0.769. The van der Waals surface area contributed by atoms with Crippen LogP contribution in [0, 0.1) is 11.8 Å². The Balaban J connectivity index is 2.38. The number of likely N-dealkylation sites (tertiary alicyclic amines) is 1.